The molecule has 29 heavy (non-hydrogen) atoms. The fourth-order valence-corrected chi connectivity index (χ4v) is 4.04. The highest BCUT2D eigenvalue weighted by molar-refractivity contribution is 7.07. The summed E-state index contributed by atoms with van der Waals surface area (Å²) in [4.78, 5) is 39.4. The van der Waals surface area contributed by atoms with Gasteiger partial charge in [0.2, 0.25) is 5.91 Å². The van der Waals surface area contributed by atoms with Crippen LogP contribution in [-0.4, -0.2) is 54.3 Å². The first-order valence-corrected chi connectivity index (χ1v) is 10.3. The molecule has 1 aliphatic heterocycles. The first kappa shape index (κ1) is 21.0. The van der Waals surface area contributed by atoms with Crippen LogP contribution in [0.25, 0.3) is 12.2 Å². The number of carbonyl (C=O) groups excluding carboxylic acids is 2. The minimum Gasteiger partial charge on any atom is -0.463 e. The van der Waals surface area contributed by atoms with Gasteiger partial charge in [0.25, 0.3) is 5.56 Å². The van der Waals surface area contributed by atoms with Crippen molar-refractivity contribution < 1.29 is 19.1 Å². The van der Waals surface area contributed by atoms with Crippen LogP contribution in [0.2, 0.25) is 0 Å². The molecule has 1 amide bonds. The van der Waals surface area contributed by atoms with Crippen LogP contribution in [0.5, 0.6) is 0 Å². The number of hydrogen-bond donors (Lipinski definition) is 0. The Morgan fingerprint density at radius 3 is 2.66 bits per heavy atom. The second kappa shape index (κ2) is 9.67. The van der Waals surface area contributed by atoms with Crippen molar-refractivity contribution in [2.45, 2.75) is 20.4 Å². The zero-order valence-corrected chi connectivity index (χ0v) is 17.4. The SMILES string of the molecule is CCOC(=O)/C=c1\s/c(=C\c2ccccc2C)c(=O)n1CC(=O)N1CCOCC1. The Balaban J connectivity index is 2.04. The zero-order valence-electron chi connectivity index (χ0n) is 16.6. The summed E-state index contributed by atoms with van der Waals surface area (Å²) in [5, 5.41) is 0. The molecule has 0 radical (unpaired) electrons. The number of aryl methyl sites for hydroxylation is 1. The van der Waals surface area contributed by atoms with E-state index in [1.165, 1.54) is 22.0 Å². The number of hydrogen-bond acceptors (Lipinski definition) is 6. The predicted molar refractivity (Wildman–Crippen MR) is 111 cm³/mol. The normalized spacial score (nSPS) is 15.6. The van der Waals surface area contributed by atoms with E-state index < -0.39 is 5.97 Å². The van der Waals surface area contributed by atoms with Gasteiger partial charge in [-0.2, -0.15) is 0 Å². The number of morpholine rings is 1. The molecule has 0 spiro atoms. The predicted octanol–water partition coefficient (Wildman–Crippen LogP) is 0.249. The first-order valence-electron chi connectivity index (χ1n) is 9.50. The van der Waals surface area contributed by atoms with Crippen molar-refractivity contribution in [2.24, 2.45) is 0 Å². The zero-order chi connectivity index (χ0) is 20.8. The van der Waals surface area contributed by atoms with Crippen molar-refractivity contribution in [2.75, 3.05) is 32.9 Å². The molecule has 1 aromatic heterocycles. The van der Waals surface area contributed by atoms with Gasteiger partial charge in [0, 0.05) is 13.1 Å². The molecule has 154 valence electrons. The van der Waals surface area contributed by atoms with Crippen LogP contribution in [-0.2, 0) is 25.6 Å². The number of ether oxygens (including phenoxy) is 2. The van der Waals surface area contributed by atoms with Gasteiger partial charge in [0.1, 0.15) is 11.2 Å². The second-order valence-electron chi connectivity index (χ2n) is 6.59. The highest BCUT2D eigenvalue weighted by Crippen LogP contribution is 2.07. The van der Waals surface area contributed by atoms with Crippen LogP contribution in [0.4, 0.5) is 0 Å². The van der Waals surface area contributed by atoms with Crippen LogP contribution in [0.15, 0.2) is 29.1 Å². The molecule has 2 aromatic rings. The number of thiazole rings is 1. The Bertz CT molecular complexity index is 1060. The number of rotatable bonds is 5. The Morgan fingerprint density at radius 1 is 1.24 bits per heavy atom. The van der Waals surface area contributed by atoms with E-state index in [1.54, 1.807) is 17.9 Å². The number of esters is 1. The van der Waals surface area contributed by atoms with Gasteiger partial charge >= 0.3 is 5.97 Å². The molecule has 1 aromatic carbocycles. The van der Waals surface area contributed by atoms with Crippen LogP contribution < -0.4 is 14.8 Å². The van der Waals surface area contributed by atoms with Crippen molar-refractivity contribution in [3.05, 3.63) is 54.9 Å². The van der Waals surface area contributed by atoms with Gasteiger partial charge in [-0.25, -0.2) is 4.79 Å². The quantitative estimate of drug-likeness (QED) is 0.653. The Labute approximate surface area is 172 Å². The maximum atomic E-state index is 13.0. The van der Waals surface area contributed by atoms with Crippen molar-refractivity contribution in [3.8, 4) is 0 Å². The Morgan fingerprint density at radius 2 is 1.97 bits per heavy atom. The minimum absolute atomic E-state index is 0.123. The lowest BCUT2D eigenvalue weighted by Gasteiger charge is -2.26. The van der Waals surface area contributed by atoms with Gasteiger partial charge in [-0.15, -0.1) is 11.3 Å². The lowest BCUT2D eigenvalue weighted by molar-refractivity contribution is -0.136. The third-order valence-corrected chi connectivity index (χ3v) is 5.66. The maximum Gasteiger partial charge on any atom is 0.333 e. The number of amides is 1. The van der Waals surface area contributed by atoms with Crippen LogP contribution in [0.3, 0.4) is 0 Å². The highest BCUT2D eigenvalue weighted by Gasteiger charge is 2.19. The molecule has 1 aliphatic rings. The Hall–Kier alpha value is -2.71. The smallest absolute Gasteiger partial charge is 0.333 e. The van der Waals surface area contributed by atoms with E-state index in [-0.39, 0.29) is 24.6 Å². The van der Waals surface area contributed by atoms with Gasteiger partial charge in [-0.1, -0.05) is 24.3 Å². The van der Waals surface area contributed by atoms with E-state index in [9.17, 15) is 14.4 Å². The molecule has 0 unspecified atom stereocenters. The molecule has 0 saturated carbocycles. The van der Waals surface area contributed by atoms with Crippen LogP contribution in [0, 0.1) is 6.92 Å². The fraction of sp³-hybridized carbons (Fsp3) is 0.381. The molecule has 1 saturated heterocycles. The van der Waals surface area contributed by atoms with Gasteiger partial charge in [-0.05, 0) is 31.1 Å². The van der Waals surface area contributed by atoms with Crippen molar-refractivity contribution in [1.29, 1.82) is 0 Å². The molecule has 2 heterocycles. The standard InChI is InChI=1S/C21H24N2O5S/c1-3-28-20(25)13-19-23(14-18(24)22-8-10-27-11-9-22)21(26)17(29-19)12-16-7-5-4-6-15(16)2/h4-7,12-13H,3,8-11,14H2,1-2H3/b17-12-,19-13-. The number of nitrogens with zero attached hydrogens (tertiary/aromatic N) is 2. The van der Waals surface area contributed by atoms with Gasteiger partial charge in [-0.3, -0.25) is 14.2 Å². The van der Waals surface area contributed by atoms with Gasteiger partial charge in [0.05, 0.1) is 30.4 Å². The van der Waals surface area contributed by atoms with E-state index in [0.29, 0.717) is 35.5 Å². The first-order chi connectivity index (χ1) is 14.0. The second-order valence-corrected chi connectivity index (χ2v) is 7.65. The van der Waals surface area contributed by atoms with E-state index >= 15 is 0 Å². The average Bonchev–Trinajstić information content (AvgIpc) is 2.99. The van der Waals surface area contributed by atoms with Crippen molar-refractivity contribution >= 4 is 35.4 Å². The molecule has 3 rings (SSSR count). The Kier molecular flexibility index (Phi) is 7.00. The minimum atomic E-state index is -0.538. The average molecular weight is 416 g/mol. The molecule has 0 N–H and O–H groups in total. The lowest BCUT2D eigenvalue weighted by atomic mass is 10.1. The summed E-state index contributed by atoms with van der Waals surface area (Å²) in [6.45, 7) is 5.75. The maximum absolute atomic E-state index is 13.0. The summed E-state index contributed by atoms with van der Waals surface area (Å²) in [6.07, 6.45) is 3.07. The molecule has 0 bridgehead atoms. The third-order valence-electron chi connectivity index (χ3n) is 4.60. The molecule has 1 fully saturated rings. The monoisotopic (exact) mass is 416 g/mol. The van der Waals surface area contributed by atoms with Crippen LogP contribution >= 0.6 is 11.3 Å². The van der Waals surface area contributed by atoms with E-state index in [2.05, 4.69) is 0 Å². The number of carbonyl (C=O) groups is 2. The van der Waals surface area contributed by atoms with E-state index in [0.717, 1.165) is 11.1 Å². The summed E-state index contributed by atoms with van der Waals surface area (Å²) in [5.74, 6) is -0.710. The third kappa shape index (κ3) is 5.21. The molecule has 7 nitrogen and oxygen atoms in total. The molecule has 0 atom stereocenters. The summed E-state index contributed by atoms with van der Waals surface area (Å²) in [7, 11) is 0. The molecule has 8 heteroatoms. The fourth-order valence-electron chi connectivity index (χ4n) is 3.02. The van der Waals surface area contributed by atoms with Gasteiger partial charge in [0.15, 0.2) is 0 Å². The van der Waals surface area contributed by atoms with Crippen molar-refractivity contribution in [1.82, 2.24) is 9.47 Å². The van der Waals surface area contributed by atoms with E-state index in [4.69, 9.17) is 9.47 Å². The van der Waals surface area contributed by atoms with Gasteiger partial charge < -0.3 is 14.4 Å². The number of benzene rings is 1. The summed E-state index contributed by atoms with van der Waals surface area (Å²) in [6, 6.07) is 7.72. The highest BCUT2D eigenvalue weighted by atomic mass is 32.1. The molecular weight excluding hydrogens is 392 g/mol. The molecular formula is C21H24N2O5S. The van der Waals surface area contributed by atoms with E-state index in [1.807, 2.05) is 31.2 Å². The molecule has 0 aliphatic carbocycles. The summed E-state index contributed by atoms with van der Waals surface area (Å²) in [5.41, 5.74) is 1.66. The largest absolute Gasteiger partial charge is 0.463 e. The topological polar surface area (TPSA) is 77.8 Å². The summed E-state index contributed by atoms with van der Waals surface area (Å²) < 4.78 is 12.5. The lowest BCUT2D eigenvalue weighted by Crippen LogP contribution is -2.45. The van der Waals surface area contributed by atoms with Crippen molar-refractivity contribution in [3.63, 3.8) is 0 Å². The summed E-state index contributed by atoms with van der Waals surface area (Å²) >= 11 is 1.18. The van der Waals surface area contributed by atoms with Crippen LogP contribution in [0.1, 0.15) is 18.1 Å². The number of aromatic nitrogens is 1.